The zero-order valence-electron chi connectivity index (χ0n) is 9.30. The van der Waals surface area contributed by atoms with Crippen LogP contribution in [0.25, 0.3) is 0 Å². The molecule has 3 nitrogen and oxygen atoms in total. The maximum atomic E-state index is 11.5. The molecule has 0 amide bonds. The molecule has 0 unspecified atom stereocenters. The minimum absolute atomic E-state index is 0.187. The molecule has 0 aromatic carbocycles. The van der Waals surface area contributed by atoms with Gasteiger partial charge >= 0.3 is 5.97 Å². The molecule has 0 fully saturated rings. The Labute approximate surface area is 98.0 Å². The number of rotatable bonds is 1. The summed E-state index contributed by atoms with van der Waals surface area (Å²) in [7, 11) is 1.37. The molecular weight excluding hydrogens is 258 g/mol. The lowest BCUT2D eigenvalue weighted by molar-refractivity contribution is 0.0597. The second kappa shape index (κ2) is 4.31. The van der Waals surface area contributed by atoms with Crippen LogP contribution in [0.4, 0.5) is 0 Å². The molecule has 0 aliphatic rings. The number of carbonyl (C=O) groups excluding carboxylic acids is 1. The van der Waals surface area contributed by atoms with E-state index in [0.717, 1.165) is 10.3 Å². The number of aromatic nitrogens is 1. The van der Waals surface area contributed by atoms with Crippen molar-refractivity contribution in [3.05, 3.63) is 28.0 Å². The van der Waals surface area contributed by atoms with Gasteiger partial charge in [-0.3, -0.25) is 0 Å². The Hall–Kier alpha value is -0.900. The lowest BCUT2D eigenvalue weighted by Gasteiger charge is -2.20. The first-order valence-electron chi connectivity index (χ1n) is 4.61. The third-order valence-electron chi connectivity index (χ3n) is 1.98. The van der Waals surface area contributed by atoms with E-state index in [1.165, 1.54) is 7.11 Å². The molecule has 1 rings (SSSR count). The highest BCUT2D eigenvalue weighted by Crippen LogP contribution is 2.26. The topological polar surface area (TPSA) is 39.2 Å². The summed E-state index contributed by atoms with van der Waals surface area (Å²) in [6.45, 7) is 6.02. The first-order chi connectivity index (χ1) is 6.86. The first-order valence-corrected chi connectivity index (χ1v) is 5.41. The van der Waals surface area contributed by atoms with Gasteiger partial charge in [-0.2, -0.15) is 0 Å². The van der Waals surface area contributed by atoms with Gasteiger partial charge in [-0.1, -0.05) is 20.8 Å². The van der Waals surface area contributed by atoms with E-state index in [1.807, 2.05) is 20.8 Å². The lowest BCUT2D eigenvalue weighted by Crippen LogP contribution is -2.19. The van der Waals surface area contributed by atoms with Crippen LogP contribution >= 0.6 is 15.9 Å². The molecular formula is C11H14BrNO2. The Morgan fingerprint density at radius 1 is 1.40 bits per heavy atom. The fourth-order valence-corrected chi connectivity index (χ4v) is 1.59. The number of halogens is 1. The van der Waals surface area contributed by atoms with Crippen molar-refractivity contribution >= 4 is 21.9 Å². The Kier molecular flexibility index (Phi) is 3.50. The number of hydrogen-bond donors (Lipinski definition) is 0. The van der Waals surface area contributed by atoms with Crippen LogP contribution in [0.2, 0.25) is 0 Å². The summed E-state index contributed by atoms with van der Waals surface area (Å²) in [5.74, 6) is -0.347. The van der Waals surface area contributed by atoms with Crippen molar-refractivity contribution in [2.75, 3.05) is 7.11 Å². The van der Waals surface area contributed by atoms with Crippen molar-refractivity contribution in [3.63, 3.8) is 0 Å². The van der Waals surface area contributed by atoms with E-state index in [2.05, 4.69) is 20.9 Å². The van der Waals surface area contributed by atoms with Crippen molar-refractivity contribution in [2.45, 2.75) is 26.2 Å². The second-order valence-corrected chi connectivity index (χ2v) is 5.08. The summed E-state index contributed by atoms with van der Waals surface area (Å²) in [6, 6.07) is 3.46. The highest BCUT2D eigenvalue weighted by molar-refractivity contribution is 9.10. The van der Waals surface area contributed by atoms with Crippen LogP contribution in [0.1, 0.15) is 36.8 Å². The average molecular weight is 272 g/mol. The fraction of sp³-hybridized carbons (Fsp3) is 0.455. The van der Waals surface area contributed by atoms with Gasteiger partial charge in [-0.05, 0) is 28.1 Å². The van der Waals surface area contributed by atoms with Crippen molar-refractivity contribution in [3.8, 4) is 0 Å². The zero-order valence-corrected chi connectivity index (χ0v) is 10.9. The number of ether oxygens (including phenoxy) is 1. The third-order valence-corrected chi connectivity index (χ3v) is 2.42. The summed E-state index contributed by atoms with van der Waals surface area (Å²) in [5.41, 5.74) is 1.07. The van der Waals surface area contributed by atoms with E-state index in [-0.39, 0.29) is 11.4 Å². The Bertz CT molecular complexity index is 383. The number of hydrogen-bond acceptors (Lipinski definition) is 3. The molecule has 0 spiro atoms. The molecule has 1 aromatic rings. The minimum atomic E-state index is -0.347. The van der Waals surface area contributed by atoms with Crippen LogP contribution in [0.15, 0.2) is 16.7 Å². The fourth-order valence-electron chi connectivity index (χ4n) is 1.28. The molecule has 1 aromatic heterocycles. The second-order valence-electron chi connectivity index (χ2n) is 4.27. The van der Waals surface area contributed by atoms with Crippen molar-refractivity contribution < 1.29 is 9.53 Å². The van der Waals surface area contributed by atoms with Gasteiger partial charge in [-0.15, -0.1) is 0 Å². The number of pyridine rings is 1. The Morgan fingerprint density at radius 2 is 2.00 bits per heavy atom. The highest BCUT2D eigenvalue weighted by Gasteiger charge is 2.24. The van der Waals surface area contributed by atoms with Gasteiger partial charge in [0.25, 0.3) is 0 Å². The Morgan fingerprint density at radius 3 is 2.47 bits per heavy atom. The van der Waals surface area contributed by atoms with Crippen molar-refractivity contribution in [2.24, 2.45) is 0 Å². The van der Waals surface area contributed by atoms with Crippen LogP contribution in [0.5, 0.6) is 0 Å². The van der Waals surface area contributed by atoms with E-state index in [4.69, 9.17) is 4.74 Å². The van der Waals surface area contributed by atoms with Gasteiger partial charge in [-0.25, -0.2) is 9.78 Å². The summed E-state index contributed by atoms with van der Waals surface area (Å²) >= 11 is 3.30. The molecule has 0 aliphatic heterocycles. The molecule has 0 aliphatic carbocycles. The molecule has 0 saturated heterocycles. The monoisotopic (exact) mass is 271 g/mol. The van der Waals surface area contributed by atoms with E-state index in [0.29, 0.717) is 5.56 Å². The average Bonchev–Trinajstić information content (AvgIpc) is 2.15. The number of esters is 1. The molecule has 4 heteroatoms. The third kappa shape index (κ3) is 2.78. The summed E-state index contributed by atoms with van der Waals surface area (Å²) in [5, 5.41) is 0. The minimum Gasteiger partial charge on any atom is -0.465 e. The molecule has 0 radical (unpaired) electrons. The molecule has 0 bridgehead atoms. The number of carbonyl (C=O) groups is 1. The predicted octanol–water partition coefficient (Wildman–Crippen LogP) is 2.93. The molecule has 82 valence electrons. The number of nitrogens with zero attached hydrogens (tertiary/aromatic N) is 1. The molecule has 0 N–H and O–H groups in total. The highest BCUT2D eigenvalue weighted by atomic mass is 79.9. The van der Waals surface area contributed by atoms with E-state index in [9.17, 15) is 4.79 Å². The summed E-state index contributed by atoms with van der Waals surface area (Å²) in [6.07, 6.45) is 0. The largest absolute Gasteiger partial charge is 0.465 e. The summed E-state index contributed by atoms with van der Waals surface area (Å²) in [4.78, 5) is 15.8. The predicted molar refractivity (Wildman–Crippen MR) is 62.0 cm³/mol. The first kappa shape index (κ1) is 12.2. The maximum absolute atomic E-state index is 11.5. The van der Waals surface area contributed by atoms with Gasteiger partial charge in [0.15, 0.2) is 0 Å². The van der Waals surface area contributed by atoms with Gasteiger partial charge in [0.05, 0.1) is 18.4 Å². The van der Waals surface area contributed by atoms with Crippen molar-refractivity contribution in [1.29, 1.82) is 0 Å². The standard InChI is InChI=1S/C11H14BrNO2/c1-11(2,3)9-7(10(14)15-4)5-6-8(12)13-9/h5-6H,1-4H3. The van der Waals surface area contributed by atoms with Crippen LogP contribution in [0.3, 0.4) is 0 Å². The van der Waals surface area contributed by atoms with E-state index < -0.39 is 0 Å². The van der Waals surface area contributed by atoms with Crippen LogP contribution < -0.4 is 0 Å². The van der Waals surface area contributed by atoms with Gasteiger partial charge < -0.3 is 4.74 Å². The van der Waals surface area contributed by atoms with Gasteiger partial charge in [0, 0.05) is 5.41 Å². The molecule has 15 heavy (non-hydrogen) atoms. The van der Waals surface area contributed by atoms with Crippen LogP contribution in [-0.2, 0) is 10.2 Å². The van der Waals surface area contributed by atoms with E-state index in [1.54, 1.807) is 12.1 Å². The zero-order chi connectivity index (χ0) is 11.6. The molecule has 0 saturated carbocycles. The van der Waals surface area contributed by atoms with Gasteiger partial charge in [0.2, 0.25) is 0 Å². The SMILES string of the molecule is COC(=O)c1ccc(Br)nc1C(C)(C)C. The van der Waals surface area contributed by atoms with Crippen LogP contribution in [0, 0.1) is 0 Å². The molecule has 0 atom stereocenters. The summed E-state index contributed by atoms with van der Waals surface area (Å²) < 4.78 is 5.44. The normalized spacial score (nSPS) is 11.3. The van der Waals surface area contributed by atoms with Crippen LogP contribution in [-0.4, -0.2) is 18.1 Å². The van der Waals surface area contributed by atoms with Gasteiger partial charge in [0.1, 0.15) is 4.60 Å². The van der Waals surface area contributed by atoms with Crippen molar-refractivity contribution in [1.82, 2.24) is 4.98 Å². The lowest BCUT2D eigenvalue weighted by atomic mass is 9.88. The quantitative estimate of drug-likeness (QED) is 0.583. The Balaban J connectivity index is 3.33. The van der Waals surface area contributed by atoms with E-state index >= 15 is 0 Å². The maximum Gasteiger partial charge on any atom is 0.339 e. The smallest absolute Gasteiger partial charge is 0.339 e. The number of methoxy groups -OCH3 is 1. The molecule has 1 heterocycles.